The molecule has 0 aliphatic heterocycles. The Morgan fingerprint density at radius 3 is 2.32 bits per heavy atom. The average molecular weight is 254 g/mol. The Labute approximate surface area is 112 Å². The fraction of sp³-hybridized carbons (Fsp3) is 0.188. The minimum Gasteiger partial charge on any atom is -0.366 e. The third-order valence-electron chi connectivity index (χ3n) is 2.89. The average Bonchev–Trinajstić information content (AvgIpc) is 2.36. The van der Waals surface area contributed by atoms with Crippen LogP contribution in [-0.2, 0) is 0 Å². The molecule has 0 heterocycles. The van der Waals surface area contributed by atoms with Crippen LogP contribution in [0.4, 0.5) is 10.1 Å². The first-order chi connectivity index (χ1) is 9.08. The number of hydrogen-bond donors (Lipinski definition) is 1. The van der Waals surface area contributed by atoms with Crippen LogP contribution in [0.15, 0.2) is 42.5 Å². The second kappa shape index (κ2) is 5.53. The molecule has 0 aromatic heterocycles. The monoisotopic (exact) mass is 254 g/mol. The molecule has 0 saturated heterocycles. The first-order valence-electron chi connectivity index (χ1n) is 6.08. The van der Waals surface area contributed by atoms with Crippen molar-refractivity contribution in [2.45, 2.75) is 19.9 Å². The molecule has 2 nitrogen and oxygen atoms in total. The van der Waals surface area contributed by atoms with Crippen molar-refractivity contribution < 1.29 is 4.39 Å². The highest BCUT2D eigenvalue weighted by Gasteiger charge is 2.10. The van der Waals surface area contributed by atoms with E-state index < -0.39 is 6.04 Å². The topological polar surface area (TPSA) is 35.8 Å². The molecule has 1 atom stereocenters. The smallest absolute Gasteiger partial charge is 0.140 e. The lowest BCUT2D eigenvalue weighted by atomic mass is 10.1. The van der Waals surface area contributed by atoms with Gasteiger partial charge in [0.1, 0.15) is 11.9 Å². The van der Waals surface area contributed by atoms with E-state index in [1.54, 1.807) is 0 Å². The van der Waals surface area contributed by atoms with E-state index in [0.29, 0.717) is 5.69 Å². The molecule has 0 amide bonds. The van der Waals surface area contributed by atoms with E-state index in [2.05, 4.69) is 11.4 Å². The Morgan fingerprint density at radius 1 is 1.05 bits per heavy atom. The number of aryl methyl sites for hydroxylation is 2. The summed E-state index contributed by atoms with van der Waals surface area (Å²) < 4.78 is 13.3. The van der Waals surface area contributed by atoms with E-state index in [1.165, 1.54) is 12.1 Å². The molecule has 0 saturated carbocycles. The van der Waals surface area contributed by atoms with Gasteiger partial charge in [-0.3, -0.25) is 0 Å². The van der Waals surface area contributed by atoms with Crippen molar-refractivity contribution in [3.05, 3.63) is 65.0 Å². The summed E-state index contributed by atoms with van der Waals surface area (Å²) in [6, 6.07) is 14.1. The minimum absolute atomic E-state index is 0.303. The number of halogens is 1. The summed E-state index contributed by atoms with van der Waals surface area (Å²) in [5, 5.41) is 12.3. The molecule has 0 bridgehead atoms. The predicted octanol–water partition coefficient (Wildman–Crippen LogP) is 4.12. The normalized spacial score (nSPS) is 11.7. The number of anilines is 1. The van der Waals surface area contributed by atoms with Gasteiger partial charge in [0.25, 0.3) is 0 Å². The maximum absolute atomic E-state index is 13.3. The number of nitrogens with zero attached hydrogens (tertiary/aromatic N) is 1. The lowest BCUT2D eigenvalue weighted by molar-refractivity contribution is 0.627. The van der Waals surface area contributed by atoms with E-state index in [9.17, 15) is 9.65 Å². The summed E-state index contributed by atoms with van der Waals surface area (Å²) in [5.41, 5.74) is 3.45. The zero-order valence-corrected chi connectivity index (χ0v) is 10.9. The van der Waals surface area contributed by atoms with Crippen LogP contribution in [0.25, 0.3) is 0 Å². The van der Waals surface area contributed by atoms with Crippen LogP contribution in [0, 0.1) is 31.0 Å². The van der Waals surface area contributed by atoms with Crippen molar-refractivity contribution in [2.24, 2.45) is 0 Å². The van der Waals surface area contributed by atoms with Crippen molar-refractivity contribution in [3.8, 4) is 6.07 Å². The molecule has 2 aromatic carbocycles. The second-order valence-electron chi connectivity index (χ2n) is 4.63. The summed E-state index contributed by atoms with van der Waals surface area (Å²) >= 11 is 0. The van der Waals surface area contributed by atoms with Gasteiger partial charge in [-0.15, -0.1) is 0 Å². The van der Waals surface area contributed by atoms with Gasteiger partial charge in [-0.25, -0.2) is 4.39 Å². The summed E-state index contributed by atoms with van der Waals surface area (Å²) in [5.74, 6) is -0.303. The Hall–Kier alpha value is -2.34. The predicted molar refractivity (Wildman–Crippen MR) is 74.3 cm³/mol. The standard InChI is InChI=1S/C16H15FN2/c1-11-3-5-13(6-4-11)16(10-18)19-15-8-12(2)7-14(17)9-15/h3-9,16,19H,1-2H3. The Balaban J connectivity index is 2.24. The molecule has 3 heteroatoms. The molecule has 0 radical (unpaired) electrons. The lowest BCUT2D eigenvalue weighted by Crippen LogP contribution is -2.08. The van der Waals surface area contributed by atoms with Gasteiger partial charge in [0.05, 0.1) is 6.07 Å². The Bertz CT molecular complexity index is 591. The van der Waals surface area contributed by atoms with Crippen LogP contribution in [-0.4, -0.2) is 0 Å². The highest BCUT2D eigenvalue weighted by atomic mass is 19.1. The van der Waals surface area contributed by atoms with Gasteiger partial charge in [0.15, 0.2) is 0 Å². The van der Waals surface area contributed by atoms with E-state index in [-0.39, 0.29) is 5.82 Å². The minimum atomic E-state index is -0.484. The molecule has 96 valence electrons. The van der Waals surface area contributed by atoms with Gasteiger partial charge in [-0.05, 0) is 43.2 Å². The summed E-state index contributed by atoms with van der Waals surface area (Å²) in [6.07, 6.45) is 0. The SMILES string of the molecule is Cc1ccc(C(C#N)Nc2cc(C)cc(F)c2)cc1. The van der Waals surface area contributed by atoms with Crippen LogP contribution < -0.4 is 5.32 Å². The van der Waals surface area contributed by atoms with Gasteiger partial charge >= 0.3 is 0 Å². The Morgan fingerprint density at radius 2 is 1.74 bits per heavy atom. The molecule has 0 aliphatic rings. The van der Waals surface area contributed by atoms with Gasteiger partial charge in [-0.1, -0.05) is 29.8 Å². The van der Waals surface area contributed by atoms with Gasteiger partial charge in [0, 0.05) is 5.69 Å². The van der Waals surface area contributed by atoms with Crippen molar-refractivity contribution in [3.63, 3.8) is 0 Å². The van der Waals surface area contributed by atoms with Crippen molar-refractivity contribution in [1.82, 2.24) is 0 Å². The zero-order chi connectivity index (χ0) is 13.8. The van der Waals surface area contributed by atoms with Gasteiger partial charge < -0.3 is 5.32 Å². The van der Waals surface area contributed by atoms with Crippen LogP contribution in [0.2, 0.25) is 0 Å². The van der Waals surface area contributed by atoms with Crippen LogP contribution in [0.5, 0.6) is 0 Å². The van der Waals surface area contributed by atoms with Crippen LogP contribution in [0.3, 0.4) is 0 Å². The molecule has 0 spiro atoms. The van der Waals surface area contributed by atoms with Gasteiger partial charge in [0.2, 0.25) is 0 Å². The highest BCUT2D eigenvalue weighted by molar-refractivity contribution is 5.49. The van der Waals surface area contributed by atoms with Crippen LogP contribution in [0.1, 0.15) is 22.7 Å². The van der Waals surface area contributed by atoms with Gasteiger partial charge in [-0.2, -0.15) is 5.26 Å². The number of nitriles is 1. The molecule has 2 rings (SSSR count). The quantitative estimate of drug-likeness (QED) is 0.894. The fourth-order valence-electron chi connectivity index (χ4n) is 1.94. The number of rotatable bonds is 3. The number of nitrogens with one attached hydrogen (secondary N) is 1. The first kappa shape index (κ1) is 13.1. The third kappa shape index (κ3) is 3.32. The molecule has 0 fully saturated rings. The summed E-state index contributed by atoms with van der Waals surface area (Å²) in [7, 11) is 0. The molecule has 1 N–H and O–H groups in total. The molecule has 2 aromatic rings. The van der Waals surface area contributed by atoms with Crippen molar-refractivity contribution in [2.75, 3.05) is 5.32 Å². The first-order valence-corrected chi connectivity index (χ1v) is 6.08. The molecular weight excluding hydrogens is 239 g/mol. The maximum atomic E-state index is 13.3. The molecule has 0 aliphatic carbocycles. The molecule has 19 heavy (non-hydrogen) atoms. The largest absolute Gasteiger partial charge is 0.366 e. The maximum Gasteiger partial charge on any atom is 0.140 e. The number of benzene rings is 2. The number of hydrogen-bond acceptors (Lipinski definition) is 2. The molecular formula is C16H15FN2. The van der Waals surface area contributed by atoms with E-state index in [1.807, 2.05) is 44.2 Å². The van der Waals surface area contributed by atoms with Crippen molar-refractivity contribution in [1.29, 1.82) is 5.26 Å². The highest BCUT2D eigenvalue weighted by Crippen LogP contribution is 2.21. The second-order valence-corrected chi connectivity index (χ2v) is 4.63. The zero-order valence-electron chi connectivity index (χ0n) is 10.9. The van der Waals surface area contributed by atoms with Crippen LogP contribution >= 0.6 is 0 Å². The fourth-order valence-corrected chi connectivity index (χ4v) is 1.94. The summed E-state index contributed by atoms with van der Waals surface area (Å²) in [4.78, 5) is 0. The summed E-state index contributed by atoms with van der Waals surface area (Å²) in [6.45, 7) is 3.82. The van der Waals surface area contributed by atoms with E-state index in [0.717, 1.165) is 16.7 Å². The molecule has 1 unspecified atom stereocenters. The van der Waals surface area contributed by atoms with E-state index in [4.69, 9.17) is 0 Å². The third-order valence-corrected chi connectivity index (χ3v) is 2.89. The van der Waals surface area contributed by atoms with E-state index >= 15 is 0 Å². The lowest BCUT2D eigenvalue weighted by Gasteiger charge is -2.14. The van der Waals surface area contributed by atoms with Crippen molar-refractivity contribution >= 4 is 5.69 Å². The Kier molecular flexibility index (Phi) is 3.82.